The van der Waals surface area contributed by atoms with E-state index in [1.807, 2.05) is 0 Å². The molecule has 1 aromatic heterocycles. The molecule has 1 rings (SSSR count). The van der Waals surface area contributed by atoms with Crippen molar-refractivity contribution in [1.29, 1.82) is 0 Å². The summed E-state index contributed by atoms with van der Waals surface area (Å²) in [5, 5.41) is 6.78. The number of ether oxygens (including phenoxy) is 1. The van der Waals surface area contributed by atoms with Gasteiger partial charge in [-0.3, -0.25) is 0 Å². The molecule has 0 atom stereocenters. The molecule has 1 heterocycles. The van der Waals surface area contributed by atoms with Gasteiger partial charge in [-0.05, 0) is 20.8 Å². The normalized spacial score (nSPS) is 11.1. The molecule has 14 heavy (non-hydrogen) atoms. The minimum absolute atomic E-state index is 0.140. The van der Waals surface area contributed by atoms with Crippen molar-refractivity contribution in [2.75, 3.05) is 0 Å². The Morgan fingerprint density at radius 1 is 1.57 bits per heavy atom. The molecule has 0 fully saturated rings. The Labute approximate surface area is 81.7 Å². The van der Waals surface area contributed by atoms with Crippen LogP contribution >= 0.6 is 0 Å². The molecule has 0 amide bonds. The van der Waals surface area contributed by atoms with Crippen molar-refractivity contribution in [3.8, 4) is 0 Å². The average Bonchev–Trinajstić information content (AvgIpc) is 2.51. The first kappa shape index (κ1) is 10.4. The Hall–Kier alpha value is -1.65. The molecule has 0 aliphatic heterocycles. The zero-order chi connectivity index (χ0) is 10.8. The summed E-state index contributed by atoms with van der Waals surface area (Å²) >= 11 is 0. The Kier molecular flexibility index (Phi) is 2.69. The van der Waals surface area contributed by atoms with E-state index in [-0.39, 0.29) is 5.57 Å². The largest absolute Gasteiger partial charge is 0.456 e. The summed E-state index contributed by atoms with van der Waals surface area (Å²) in [5.41, 5.74) is -0.114. The second-order valence-electron chi connectivity index (χ2n) is 3.77. The predicted octanol–water partition coefficient (Wildman–Crippen LogP) is 1.42. The number of carbonyl (C=O) groups excluding carboxylic acids is 1. The van der Waals surface area contributed by atoms with Crippen molar-refractivity contribution in [3.63, 3.8) is 0 Å². The van der Waals surface area contributed by atoms with Gasteiger partial charge in [0.15, 0.2) is 6.26 Å². The Balaban J connectivity index is 2.68. The second-order valence-corrected chi connectivity index (χ2v) is 3.77. The van der Waals surface area contributed by atoms with Gasteiger partial charge in [0.05, 0.1) is 5.57 Å². The van der Waals surface area contributed by atoms with E-state index in [0.717, 1.165) is 0 Å². The standard InChI is InChI=1S/C9H12N2O3/c1-6(7-5-13-11-10-7)8(12)14-9(2,3)4/h5H,1H2,2-4H3. The fraction of sp³-hybridized carbons (Fsp3) is 0.444. The van der Waals surface area contributed by atoms with Gasteiger partial charge in [0.25, 0.3) is 0 Å². The Morgan fingerprint density at radius 3 is 2.64 bits per heavy atom. The summed E-state index contributed by atoms with van der Waals surface area (Å²) in [4.78, 5) is 11.4. The highest BCUT2D eigenvalue weighted by Crippen LogP contribution is 2.15. The van der Waals surface area contributed by atoms with Crippen molar-refractivity contribution >= 4 is 11.5 Å². The van der Waals surface area contributed by atoms with Crippen LogP contribution in [0.3, 0.4) is 0 Å². The van der Waals surface area contributed by atoms with E-state index in [2.05, 4.69) is 21.5 Å². The first-order chi connectivity index (χ1) is 6.40. The first-order valence-electron chi connectivity index (χ1n) is 4.10. The molecule has 1 aromatic rings. The lowest BCUT2D eigenvalue weighted by atomic mass is 10.2. The highest BCUT2D eigenvalue weighted by molar-refractivity contribution is 6.14. The van der Waals surface area contributed by atoms with Gasteiger partial charge in [-0.15, -0.1) is 5.10 Å². The summed E-state index contributed by atoms with van der Waals surface area (Å²) in [6.45, 7) is 8.88. The minimum Gasteiger partial charge on any atom is -0.456 e. The molecule has 0 radical (unpaired) electrons. The Bertz CT molecular complexity index is 335. The van der Waals surface area contributed by atoms with Crippen LogP contribution in [0, 0.1) is 0 Å². The predicted molar refractivity (Wildman–Crippen MR) is 49.2 cm³/mol. The summed E-state index contributed by atoms with van der Waals surface area (Å²) in [5.74, 6) is -0.520. The van der Waals surface area contributed by atoms with E-state index in [1.165, 1.54) is 6.26 Å². The minimum atomic E-state index is -0.544. The van der Waals surface area contributed by atoms with Crippen molar-refractivity contribution in [2.24, 2.45) is 0 Å². The number of esters is 1. The summed E-state index contributed by atoms with van der Waals surface area (Å²) in [6.07, 6.45) is 1.24. The number of nitrogens with zero attached hydrogens (tertiary/aromatic N) is 2. The van der Waals surface area contributed by atoms with Crippen LogP contribution in [-0.2, 0) is 9.53 Å². The lowest BCUT2D eigenvalue weighted by Gasteiger charge is -2.19. The van der Waals surface area contributed by atoms with Gasteiger partial charge in [0, 0.05) is 5.27 Å². The van der Waals surface area contributed by atoms with E-state index in [4.69, 9.17) is 4.74 Å². The lowest BCUT2D eigenvalue weighted by molar-refractivity contribution is -0.147. The topological polar surface area (TPSA) is 65.2 Å². The molecule has 0 saturated carbocycles. The van der Waals surface area contributed by atoms with Gasteiger partial charge in [0.1, 0.15) is 11.3 Å². The number of hydrogen-bond donors (Lipinski definition) is 0. The van der Waals surface area contributed by atoms with E-state index in [1.54, 1.807) is 20.8 Å². The quantitative estimate of drug-likeness (QED) is 0.528. The average molecular weight is 196 g/mol. The van der Waals surface area contributed by atoms with Gasteiger partial charge >= 0.3 is 5.97 Å². The van der Waals surface area contributed by atoms with Crippen LogP contribution in [0.25, 0.3) is 5.57 Å². The third-order valence-electron chi connectivity index (χ3n) is 1.31. The summed E-state index contributed by atoms with van der Waals surface area (Å²) < 4.78 is 9.56. The van der Waals surface area contributed by atoms with E-state index >= 15 is 0 Å². The zero-order valence-corrected chi connectivity index (χ0v) is 8.40. The SMILES string of the molecule is C=C(C(=O)OC(C)(C)C)c1conn1. The zero-order valence-electron chi connectivity index (χ0n) is 8.40. The van der Waals surface area contributed by atoms with Gasteiger partial charge in [-0.2, -0.15) is 0 Å². The number of rotatable bonds is 2. The van der Waals surface area contributed by atoms with Crippen LogP contribution in [-0.4, -0.2) is 21.9 Å². The van der Waals surface area contributed by atoms with E-state index in [0.29, 0.717) is 5.69 Å². The number of hydrogen-bond acceptors (Lipinski definition) is 5. The smallest absolute Gasteiger partial charge is 0.340 e. The van der Waals surface area contributed by atoms with E-state index < -0.39 is 11.6 Å². The fourth-order valence-corrected chi connectivity index (χ4v) is 0.740. The number of aromatic nitrogens is 2. The molecule has 0 bridgehead atoms. The van der Waals surface area contributed by atoms with Crippen LogP contribution in [0.2, 0.25) is 0 Å². The lowest BCUT2D eigenvalue weighted by Crippen LogP contribution is -2.24. The highest BCUT2D eigenvalue weighted by Gasteiger charge is 2.21. The molecule has 5 heteroatoms. The van der Waals surface area contributed by atoms with Gasteiger partial charge in [-0.25, -0.2) is 4.79 Å². The molecule has 76 valence electrons. The molecule has 0 spiro atoms. The maximum absolute atomic E-state index is 11.4. The van der Waals surface area contributed by atoms with Gasteiger partial charge in [-0.1, -0.05) is 6.58 Å². The van der Waals surface area contributed by atoms with Crippen molar-refractivity contribution in [3.05, 3.63) is 18.5 Å². The molecule has 5 nitrogen and oxygen atoms in total. The molecule has 0 aromatic carbocycles. The van der Waals surface area contributed by atoms with Crippen molar-refractivity contribution in [1.82, 2.24) is 10.4 Å². The molecule has 0 aliphatic carbocycles. The summed E-state index contributed by atoms with van der Waals surface area (Å²) in [6, 6.07) is 0. The second kappa shape index (κ2) is 3.61. The van der Waals surface area contributed by atoms with E-state index in [9.17, 15) is 4.79 Å². The third kappa shape index (κ3) is 2.69. The molecule has 0 N–H and O–H groups in total. The summed E-state index contributed by atoms with van der Waals surface area (Å²) in [7, 11) is 0. The molecule has 0 unspecified atom stereocenters. The maximum atomic E-state index is 11.4. The van der Waals surface area contributed by atoms with Crippen LogP contribution in [0.4, 0.5) is 0 Å². The van der Waals surface area contributed by atoms with Crippen LogP contribution in [0.5, 0.6) is 0 Å². The van der Waals surface area contributed by atoms with Gasteiger partial charge in [0.2, 0.25) is 0 Å². The molecular formula is C9H12N2O3. The maximum Gasteiger partial charge on any atom is 0.340 e. The molecular weight excluding hydrogens is 184 g/mol. The van der Waals surface area contributed by atoms with Gasteiger partial charge < -0.3 is 9.26 Å². The van der Waals surface area contributed by atoms with Crippen LogP contribution in [0.15, 0.2) is 17.4 Å². The monoisotopic (exact) mass is 196 g/mol. The highest BCUT2D eigenvalue weighted by atomic mass is 16.6. The van der Waals surface area contributed by atoms with Crippen molar-refractivity contribution in [2.45, 2.75) is 26.4 Å². The van der Waals surface area contributed by atoms with Crippen LogP contribution < -0.4 is 0 Å². The Morgan fingerprint density at radius 2 is 2.21 bits per heavy atom. The third-order valence-corrected chi connectivity index (χ3v) is 1.31. The molecule has 0 aliphatic rings. The fourth-order valence-electron chi connectivity index (χ4n) is 0.740. The van der Waals surface area contributed by atoms with Crippen molar-refractivity contribution < 1.29 is 14.1 Å². The molecule has 0 saturated heterocycles. The van der Waals surface area contributed by atoms with Crippen LogP contribution in [0.1, 0.15) is 26.5 Å². The first-order valence-corrected chi connectivity index (χ1v) is 4.10. The number of carbonyl (C=O) groups is 1.